The topological polar surface area (TPSA) is 39.2 Å². The van der Waals surface area contributed by atoms with Crippen molar-refractivity contribution in [2.45, 2.75) is 6.92 Å². The van der Waals surface area contributed by atoms with Crippen LogP contribution in [-0.2, 0) is 9.53 Å². The Morgan fingerprint density at radius 3 is 2.65 bits per heavy atom. The average molecular weight is 229 g/mol. The second-order valence-electron chi connectivity index (χ2n) is 3.15. The third-order valence-corrected chi connectivity index (χ3v) is 1.97. The van der Waals surface area contributed by atoms with Crippen molar-refractivity contribution in [1.29, 1.82) is 0 Å². The van der Waals surface area contributed by atoms with E-state index in [2.05, 4.69) is 28.4 Å². The van der Waals surface area contributed by atoms with E-state index in [-0.39, 0.29) is 5.97 Å². The Morgan fingerprint density at radius 1 is 1.35 bits per heavy atom. The van der Waals surface area contributed by atoms with Crippen molar-refractivity contribution < 1.29 is 9.53 Å². The zero-order valence-electron chi connectivity index (χ0n) is 9.80. The lowest BCUT2D eigenvalue weighted by Gasteiger charge is -1.91. The van der Waals surface area contributed by atoms with Gasteiger partial charge in [-0.25, -0.2) is 4.79 Å². The maximum Gasteiger partial charge on any atom is 0.330 e. The van der Waals surface area contributed by atoms with Gasteiger partial charge in [0, 0.05) is 17.7 Å². The van der Waals surface area contributed by atoms with Crippen LogP contribution in [0.25, 0.3) is 10.9 Å². The Morgan fingerprint density at radius 2 is 2.06 bits per heavy atom. The highest BCUT2D eigenvalue weighted by molar-refractivity contribution is 5.81. The number of esters is 1. The van der Waals surface area contributed by atoms with Gasteiger partial charge in [-0.05, 0) is 19.1 Å². The number of para-hydroxylation sites is 1. The van der Waals surface area contributed by atoms with E-state index in [1.165, 1.54) is 5.39 Å². The van der Waals surface area contributed by atoms with Crippen molar-refractivity contribution in [2.24, 2.45) is 0 Å². The number of aromatic nitrogens is 1. The number of nitrogens with zero attached hydrogens (tertiary/aromatic N) is 1. The lowest BCUT2D eigenvalue weighted by atomic mass is 10.2. The predicted molar refractivity (Wildman–Crippen MR) is 68.6 cm³/mol. The van der Waals surface area contributed by atoms with Crippen molar-refractivity contribution in [1.82, 2.24) is 4.98 Å². The minimum absolute atomic E-state index is 0.359. The average Bonchev–Trinajstić information content (AvgIpc) is 2.40. The molecule has 0 unspecified atom stereocenters. The fourth-order valence-electron chi connectivity index (χ4n) is 1.22. The van der Waals surface area contributed by atoms with Crippen LogP contribution in [0.3, 0.4) is 0 Å². The first-order valence-corrected chi connectivity index (χ1v) is 5.37. The number of benzene rings is 1. The molecule has 1 heterocycles. The monoisotopic (exact) mass is 229 g/mol. The molecule has 3 heteroatoms. The standard InChI is InChI=1S/C9H7N.C5H8O2/c1-2-6-9-8(4-1)5-3-7-10-9;1-3-5(6)7-4-2/h1-7H;3H,1,4H2,2H3. The predicted octanol–water partition coefficient (Wildman–Crippen LogP) is 2.97. The Kier molecular flexibility index (Phi) is 5.44. The molecule has 0 radical (unpaired) electrons. The van der Waals surface area contributed by atoms with E-state index in [0.29, 0.717) is 6.61 Å². The zero-order chi connectivity index (χ0) is 12.5. The smallest absolute Gasteiger partial charge is 0.330 e. The molecule has 0 aliphatic carbocycles. The largest absolute Gasteiger partial charge is 0.463 e. The molecule has 88 valence electrons. The summed E-state index contributed by atoms with van der Waals surface area (Å²) in [5.74, 6) is -0.359. The minimum atomic E-state index is -0.359. The minimum Gasteiger partial charge on any atom is -0.463 e. The van der Waals surface area contributed by atoms with Crippen molar-refractivity contribution >= 4 is 16.9 Å². The SMILES string of the molecule is C=CC(=O)OCC.c1ccc2ncccc2c1. The van der Waals surface area contributed by atoms with Gasteiger partial charge >= 0.3 is 5.97 Å². The normalized spacial score (nSPS) is 9.00. The molecule has 0 aliphatic rings. The number of carbonyl (C=O) groups excluding carboxylic acids is 1. The molecule has 1 aromatic heterocycles. The molecule has 0 fully saturated rings. The quantitative estimate of drug-likeness (QED) is 0.587. The fraction of sp³-hybridized carbons (Fsp3) is 0.143. The third kappa shape index (κ3) is 4.47. The molecule has 0 saturated heterocycles. The highest BCUT2D eigenvalue weighted by atomic mass is 16.5. The van der Waals surface area contributed by atoms with Crippen LogP contribution in [0.5, 0.6) is 0 Å². The van der Waals surface area contributed by atoms with E-state index >= 15 is 0 Å². The summed E-state index contributed by atoms with van der Waals surface area (Å²) in [6, 6.07) is 12.1. The van der Waals surface area contributed by atoms with Gasteiger partial charge in [0.05, 0.1) is 12.1 Å². The van der Waals surface area contributed by atoms with Gasteiger partial charge in [0.25, 0.3) is 0 Å². The molecular formula is C14H15NO2. The lowest BCUT2D eigenvalue weighted by Crippen LogP contribution is -1.97. The molecular weight excluding hydrogens is 214 g/mol. The van der Waals surface area contributed by atoms with Crippen LogP contribution in [0, 0.1) is 0 Å². The maximum absolute atomic E-state index is 10.1. The van der Waals surface area contributed by atoms with E-state index in [9.17, 15) is 4.79 Å². The Hall–Kier alpha value is -2.16. The Balaban J connectivity index is 0.000000185. The van der Waals surface area contributed by atoms with Crippen LogP contribution in [0.15, 0.2) is 55.3 Å². The Bertz CT molecular complexity index is 429. The summed E-state index contributed by atoms with van der Waals surface area (Å²) in [7, 11) is 0. The Labute approximate surface area is 101 Å². The van der Waals surface area contributed by atoms with E-state index < -0.39 is 0 Å². The van der Waals surface area contributed by atoms with Gasteiger partial charge in [-0.2, -0.15) is 0 Å². The molecule has 0 spiro atoms. The van der Waals surface area contributed by atoms with Gasteiger partial charge in [0.1, 0.15) is 0 Å². The molecule has 3 nitrogen and oxygen atoms in total. The summed E-state index contributed by atoms with van der Waals surface area (Å²) in [6.45, 7) is 5.38. The highest BCUT2D eigenvalue weighted by Gasteiger charge is 1.87. The molecule has 0 atom stereocenters. The first kappa shape index (κ1) is 12.9. The second-order valence-corrected chi connectivity index (χ2v) is 3.15. The van der Waals surface area contributed by atoms with Crippen LogP contribution in [0.4, 0.5) is 0 Å². The summed E-state index contributed by atoms with van der Waals surface area (Å²) in [4.78, 5) is 14.3. The summed E-state index contributed by atoms with van der Waals surface area (Å²) in [6.07, 6.45) is 2.95. The van der Waals surface area contributed by atoms with Crippen LogP contribution in [0.1, 0.15) is 6.92 Å². The summed E-state index contributed by atoms with van der Waals surface area (Å²) < 4.78 is 4.43. The van der Waals surface area contributed by atoms with Gasteiger partial charge in [0.2, 0.25) is 0 Å². The van der Waals surface area contributed by atoms with Gasteiger partial charge in [0.15, 0.2) is 0 Å². The number of rotatable bonds is 2. The first-order chi connectivity index (χ1) is 8.27. The number of ether oxygens (including phenoxy) is 1. The molecule has 2 rings (SSSR count). The van der Waals surface area contributed by atoms with E-state index in [0.717, 1.165) is 11.6 Å². The van der Waals surface area contributed by atoms with Crippen LogP contribution in [-0.4, -0.2) is 17.6 Å². The second kappa shape index (κ2) is 7.17. The molecule has 0 amide bonds. The van der Waals surface area contributed by atoms with Gasteiger partial charge in [-0.1, -0.05) is 30.8 Å². The summed E-state index contributed by atoms with van der Waals surface area (Å²) >= 11 is 0. The molecule has 2 aromatic rings. The van der Waals surface area contributed by atoms with Crippen molar-refractivity contribution in [3.05, 3.63) is 55.3 Å². The van der Waals surface area contributed by atoms with Gasteiger partial charge < -0.3 is 4.74 Å². The van der Waals surface area contributed by atoms with E-state index in [1.807, 2.05) is 30.5 Å². The van der Waals surface area contributed by atoms with E-state index in [4.69, 9.17) is 0 Å². The maximum atomic E-state index is 10.1. The molecule has 0 saturated carbocycles. The number of carbonyl (C=O) groups is 1. The number of hydrogen-bond acceptors (Lipinski definition) is 3. The molecule has 17 heavy (non-hydrogen) atoms. The lowest BCUT2D eigenvalue weighted by molar-refractivity contribution is -0.137. The summed E-state index contributed by atoms with van der Waals surface area (Å²) in [5, 5.41) is 1.20. The highest BCUT2D eigenvalue weighted by Crippen LogP contribution is 2.07. The van der Waals surface area contributed by atoms with Crippen molar-refractivity contribution in [2.75, 3.05) is 6.61 Å². The fourth-order valence-corrected chi connectivity index (χ4v) is 1.22. The molecule has 0 aliphatic heterocycles. The third-order valence-electron chi connectivity index (χ3n) is 1.97. The number of hydrogen-bond donors (Lipinski definition) is 0. The summed E-state index contributed by atoms with van der Waals surface area (Å²) in [5.41, 5.74) is 1.06. The van der Waals surface area contributed by atoms with Crippen LogP contribution >= 0.6 is 0 Å². The molecule has 1 aromatic carbocycles. The van der Waals surface area contributed by atoms with Crippen LogP contribution in [0.2, 0.25) is 0 Å². The van der Waals surface area contributed by atoms with Crippen molar-refractivity contribution in [3.8, 4) is 0 Å². The molecule has 0 N–H and O–H groups in total. The van der Waals surface area contributed by atoms with Gasteiger partial charge in [-0.15, -0.1) is 0 Å². The number of fused-ring (bicyclic) bond motifs is 1. The molecule has 0 bridgehead atoms. The zero-order valence-corrected chi connectivity index (χ0v) is 9.80. The van der Waals surface area contributed by atoms with Gasteiger partial charge in [-0.3, -0.25) is 4.98 Å². The van der Waals surface area contributed by atoms with Crippen LogP contribution < -0.4 is 0 Å². The van der Waals surface area contributed by atoms with E-state index in [1.54, 1.807) is 6.92 Å². The van der Waals surface area contributed by atoms with Crippen molar-refractivity contribution in [3.63, 3.8) is 0 Å². The number of pyridine rings is 1. The first-order valence-electron chi connectivity index (χ1n) is 5.37.